The number of nitrogens with one attached hydrogen (secondary N) is 2. The maximum Gasteiger partial charge on any atom is 0.266 e. The Morgan fingerprint density at radius 1 is 1.23 bits per heavy atom. The first-order valence-electron chi connectivity index (χ1n) is 7.48. The van der Waals surface area contributed by atoms with Crippen molar-refractivity contribution in [1.82, 2.24) is 19.6 Å². The van der Waals surface area contributed by atoms with Crippen LogP contribution in [0.4, 0.5) is 5.95 Å². The molecule has 0 fully saturated rings. The van der Waals surface area contributed by atoms with Crippen molar-refractivity contribution >= 4 is 11.6 Å². The average molecular weight is 297 g/mol. The molecule has 0 amide bonds. The number of rotatable bonds is 5. The minimum Gasteiger partial charge on any atom is -0.354 e. The molecule has 3 aromatic rings. The van der Waals surface area contributed by atoms with Crippen molar-refractivity contribution in [2.75, 3.05) is 11.9 Å². The van der Waals surface area contributed by atoms with Crippen molar-refractivity contribution in [3.63, 3.8) is 0 Å². The Labute approximate surface area is 128 Å². The van der Waals surface area contributed by atoms with Gasteiger partial charge in [0.25, 0.3) is 5.56 Å². The Balaban J connectivity index is 2.07. The van der Waals surface area contributed by atoms with Crippen molar-refractivity contribution < 1.29 is 0 Å². The molecule has 0 aliphatic carbocycles. The average Bonchev–Trinajstić information content (AvgIpc) is 2.88. The van der Waals surface area contributed by atoms with E-state index in [-0.39, 0.29) is 5.56 Å². The SMILES string of the molecule is CCCCNc1nc(-c2ccc(C)cc2)nc2cc(=O)[nH]n12. The zero-order chi connectivity index (χ0) is 15.5. The lowest BCUT2D eigenvalue weighted by molar-refractivity contribution is 0.806. The molecular formula is C16H19N5O. The zero-order valence-corrected chi connectivity index (χ0v) is 12.8. The molecule has 114 valence electrons. The van der Waals surface area contributed by atoms with Gasteiger partial charge < -0.3 is 5.32 Å². The molecule has 0 bridgehead atoms. The molecule has 0 atom stereocenters. The number of aryl methyl sites for hydroxylation is 1. The lowest BCUT2D eigenvalue weighted by Gasteiger charge is -2.09. The second kappa shape index (κ2) is 6.01. The predicted octanol–water partition coefficient (Wildman–Crippen LogP) is 2.61. The summed E-state index contributed by atoms with van der Waals surface area (Å²) >= 11 is 0. The summed E-state index contributed by atoms with van der Waals surface area (Å²) in [5.41, 5.74) is 2.49. The van der Waals surface area contributed by atoms with E-state index in [0.717, 1.165) is 24.9 Å². The Bertz CT molecular complexity index is 832. The topological polar surface area (TPSA) is 75.1 Å². The molecule has 0 saturated carbocycles. The first-order chi connectivity index (χ1) is 10.7. The van der Waals surface area contributed by atoms with Crippen molar-refractivity contribution in [3.8, 4) is 11.4 Å². The van der Waals surface area contributed by atoms with E-state index in [0.29, 0.717) is 17.4 Å². The van der Waals surface area contributed by atoms with Gasteiger partial charge in [-0.15, -0.1) is 0 Å². The number of hydrogen-bond donors (Lipinski definition) is 2. The van der Waals surface area contributed by atoms with Gasteiger partial charge in [-0.05, 0) is 13.3 Å². The molecule has 2 N–H and O–H groups in total. The summed E-state index contributed by atoms with van der Waals surface area (Å²) in [6.07, 6.45) is 2.13. The van der Waals surface area contributed by atoms with Crippen LogP contribution in [0.2, 0.25) is 0 Å². The van der Waals surface area contributed by atoms with Crippen LogP contribution in [0.5, 0.6) is 0 Å². The lowest BCUT2D eigenvalue weighted by atomic mass is 10.1. The summed E-state index contributed by atoms with van der Waals surface area (Å²) in [4.78, 5) is 20.6. The summed E-state index contributed by atoms with van der Waals surface area (Å²) in [5, 5.41) is 5.98. The molecule has 0 spiro atoms. The summed E-state index contributed by atoms with van der Waals surface area (Å²) in [6.45, 7) is 4.97. The fraction of sp³-hybridized carbons (Fsp3) is 0.312. The van der Waals surface area contributed by atoms with Crippen molar-refractivity contribution in [3.05, 3.63) is 46.2 Å². The van der Waals surface area contributed by atoms with E-state index in [1.165, 1.54) is 11.6 Å². The Hall–Kier alpha value is -2.63. The molecule has 22 heavy (non-hydrogen) atoms. The summed E-state index contributed by atoms with van der Waals surface area (Å²) in [6, 6.07) is 9.50. The lowest BCUT2D eigenvalue weighted by Crippen LogP contribution is -2.11. The van der Waals surface area contributed by atoms with Gasteiger partial charge in [0, 0.05) is 18.2 Å². The summed E-state index contributed by atoms with van der Waals surface area (Å²) in [7, 11) is 0. The van der Waals surface area contributed by atoms with Gasteiger partial charge in [0.05, 0.1) is 0 Å². The molecule has 6 heteroatoms. The maximum atomic E-state index is 11.6. The highest BCUT2D eigenvalue weighted by Crippen LogP contribution is 2.18. The van der Waals surface area contributed by atoms with Crippen molar-refractivity contribution in [1.29, 1.82) is 0 Å². The van der Waals surface area contributed by atoms with Crippen LogP contribution in [0.3, 0.4) is 0 Å². The first-order valence-corrected chi connectivity index (χ1v) is 7.48. The molecule has 2 aromatic heterocycles. The summed E-state index contributed by atoms with van der Waals surface area (Å²) < 4.78 is 1.59. The number of H-pyrrole nitrogens is 1. The third-order valence-corrected chi connectivity index (χ3v) is 3.48. The van der Waals surface area contributed by atoms with Gasteiger partial charge in [0.1, 0.15) is 0 Å². The van der Waals surface area contributed by atoms with Crippen LogP contribution in [0.25, 0.3) is 17.0 Å². The molecule has 1 aromatic carbocycles. The minimum absolute atomic E-state index is 0.186. The van der Waals surface area contributed by atoms with Gasteiger partial charge in [0.15, 0.2) is 11.5 Å². The van der Waals surface area contributed by atoms with Gasteiger partial charge in [-0.3, -0.25) is 9.89 Å². The highest BCUT2D eigenvalue weighted by molar-refractivity contribution is 5.60. The van der Waals surface area contributed by atoms with Gasteiger partial charge in [0.2, 0.25) is 5.95 Å². The van der Waals surface area contributed by atoms with E-state index in [1.54, 1.807) is 4.52 Å². The quantitative estimate of drug-likeness (QED) is 0.710. The zero-order valence-electron chi connectivity index (χ0n) is 12.8. The van der Waals surface area contributed by atoms with E-state index in [2.05, 4.69) is 27.3 Å². The number of aromatic nitrogens is 4. The number of nitrogens with zero attached hydrogens (tertiary/aromatic N) is 3. The largest absolute Gasteiger partial charge is 0.354 e. The van der Waals surface area contributed by atoms with Crippen LogP contribution in [0.15, 0.2) is 35.1 Å². The standard InChI is InChI=1S/C16H19N5O/c1-3-4-9-17-16-19-15(12-7-5-11(2)6-8-12)18-13-10-14(22)20-21(13)16/h5-8,10H,3-4,9H2,1-2H3,(H,20,22)(H,17,18,19). The number of unbranched alkanes of at least 4 members (excludes halogenated alkanes) is 1. The number of hydrogen-bond acceptors (Lipinski definition) is 4. The van der Waals surface area contributed by atoms with Gasteiger partial charge in [-0.2, -0.15) is 4.98 Å². The van der Waals surface area contributed by atoms with E-state index in [4.69, 9.17) is 0 Å². The van der Waals surface area contributed by atoms with Crippen LogP contribution >= 0.6 is 0 Å². The molecule has 0 aliphatic heterocycles. The smallest absolute Gasteiger partial charge is 0.266 e. The third kappa shape index (κ3) is 2.86. The van der Waals surface area contributed by atoms with Crippen molar-refractivity contribution in [2.45, 2.75) is 26.7 Å². The number of aromatic amines is 1. The van der Waals surface area contributed by atoms with E-state index in [9.17, 15) is 4.79 Å². The normalized spacial score (nSPS) is 11.0. The molecule has 6 nitrogen and oxygen atoms in total. The predicted molar refractivity (Wildman–Crippen MR) is 87.2 cm³/mol. The number of fused-ring (bicyclic) bond motifs is 1. The third-order valence-electron chi connectivity index (χ3n) is 3.48. The first kappa shape index (κ1) is 14.3. The fourth-order valence-electron chi connectivity index (χ4n) is 2.24. The van der Waals surface area contributed by atoms with Crippen LogP contribution in [0.1, 0.15) is 25.3 Å². The number of anilines is 1. The highest BCUT2D eigenvalue weighted by atomic mass is 16.1. The molecule has 0 saturated heterocycles. The second-order valence-electron chi connectivity index (χ2n) is 5.33. The van der Waals surface area contributed by atoms with Crippen LogP contribution < -0.4 is 10.9 Å². The molecule has 0 aliphatic rings. The van der Waals surface area contributed by atoms with Crippen LogP contribution in [-0.2, 0) is 0 Å². The van der Waals surface area contributed by atoms with E-state index in [1.807, 2.05) is 31.2 Å². The molecule has 2 heterocycles. The molecule has 3 rings (SSSR count). The number of benzene rings is 1. The van der Waals surface area contributed by atoms with Gasteiger partial charge in [-0.1, -0.05) is 43.2 Å². The summed E-state index contributed by atoms with van der Waals surface area (Å²) in [5.74, 6) is 1.22. The maximum absolute atomic E-state index is 11.6. The molecule has 0 unspecified atom stereocenters. The van der Waals surface area contributed by atoms with Gasteiger partial charge in [-0.25, -0.2) is 9.50 Å². The Morgan fingerprint density at radius 2 is 2.00 bits per heavy atom. The monoisotopic (exact) mass is 297 g/mol. The van der Waals surface area contributed by atoms with Crippen molar-refractivity contribution in [2.24, 2.45) is 0 Å². The van der Waals surface area contributed by atoms with Crippen LogP contribution in [-0.4, -0.2) is 26.1 Å². The van der Waals surface area contributed by atoms with Gasteiger partial charge >= 0.3 is 0 Å². The minimum atomic E-state index is -0.186. The Kier molecular flexibility index (Phi) is 3.91. The molecule has 0 radical (unpaired) electrons. The van der Waals surface area contributed by atoms with E-state index < -0.39 is 0 Å². The highest BCUT2D eigenvalue weighted by Gasteiger charge is 2.10. The van der Waals surface area contributed by atoms with E-state index >= 15 is 0 Å². The van der Waals surface area contributed by atoms with Crippen LogP contribution in [0, 0.1) is 6.92 Å². The fourth-order valence-corrected chi connectivity index (χ4v) is 2.24. The molecular weight excluding hydrogens is 278 g/mol. The second-order valence-corrected chi connectivity index (χ2v) is 5.33. The Morgan fingerprint density at radius 3 is 2.73 bits per heavy atom.